The van der Waals surface area contributed by atoms with Crippen LogP contribution in [-0.2, 0) is 37.4 Å². The van der Waals surface area contributed by atoms with Gasteiger partial charge < -0.3 is 32.6 Å². The van der Waals surface area contributed by atoms with Gasteiger partial charge in [0.2, 0.25) is 0 Å². The summed E-state index contributed by atoms with van der Waals surface area (Å²) < 4.78 is 39.8. The molecular formula is C50H94NO9P. The quantitative estimate of drug-likeness (QED) is 0.0147. The van der Waals surface area contributed by atoms with Crippen LogP contribution < -0.4 is 4.89 Å². The number of allylic oxidation sites excluding steroid dienone is 3. The molecule has 0 amide bonds. The normalized spacial score (nSPS) is 17.0. The average molecular weight is 884 g/mol. The lowest BCUT2D eigenvalue weighted by atomic mass is 10.0. The van der Waals surface area contributed by atoms with E-state index < -0.39 is 32.5 Å². The number of carbonyl (C=O) groups excluding carboxylic acids is 2. The van der Waals surface area contributed by atoms with E-state index in [1.165, 1.54) is 122 Å². The van der Waals surface area contributed by atoms with E-state index in [0.717, 1.165) is 57.8 Å². The Balaban J connectivity index is 2.21. The Morgan fingerprint density at radius 3 is 1.57 bits per heavy atom. The number of rotatable bonds is 45. The number of unbranched alkanes of at least 4 members (excludes halogenated alkanes) is 24. The first-order valence-electron chi connectivity index (χ1n) is 25.2. The van der Waals surface area contributed by atoms with Crippen molar-refractivity contribution in [1.82, 2.24) is 0 Å². The highest BCUT2D eigenvalue weighted by Gasteiger charge is 2.36. The molecular weight excluding hydrogens is 790 g/mol. The zero-order valence-corrected chi connectivity index (χ0v) is 41.0. The van der Waals surface area contributed by atoms with Gasteiger partial charge in [0.25, 0.3) is 7.82 Å². The van der Waals surface area contributed by atoms with E-state index in [1.807, 2.05) is 21.1 Å². The Hall–Kier alpha value is -1.55. The van der Waals surface area contributed by atoms with Gasteiger partial charge >= 0.3 is 11.9 Å². The summed E-state index contributed by atoms with van der Waals surface area (Å²) in [5.74, 6) is -0.850. The SMILES string of the molecule is CCCCCCCC/C=C\CCCCCCCCCCCCCC(=O)O[C@H](COC(=O)CCCCCCC/C=C\CC1OC1CCCCC)COP(=O)([O-])OCC[N+](C)(C)C. The molecule has 3 unspecified atom stereocenters. The van der Waals surface area contributed by atoms with Crippen molar-refractivity contribution in [3.63, 3.8) is 0 Å². The summed E-state index contributed by atoms with van der Waals surface area (Å²) in [6.07, 6.45) is 45.2. The minimum absolute atomic E-state index is 0.0343. The predicted octanol–water partition coefficient (Wildman–Crippen LogP) is 13.1. The fourth-order valence-electron chi connectivity index (χ4n) is 7.30. The van der Waals surface area contributed by atoms with E-state index in [-0.39, 0.29) is 26.1 Å². The summed E-state index contributed by atoms with van der Waals surface area (Å²) in [6.45, 7) is 4.19. The number of likely N-dealkylation sites (N-methyl/N-ethyl adjacent to an activating group) is 1. The topological polar surface area (TPSA) is 124 Å². The van der Waals surface area contributed by atoms with Crippen LogP contribution in [0.2, 0.25) is 0 Å². The minimum Gasteiger partial charge on any atom is -0.756 e. The van der Waals surface area contributed by atoms with E-state index in [0.29, 0.717) is 36.1 Å². The van der Waals surface area contributed by atoms with Crippen LogP contribution in [0.5, 0.6) is 0 Å². The van der Waals surface area contributed by atoms with Crippen LogP contribution >= 0.6 is 7.82 Å². The second-order valence-electron chi connectivity index (χ2n) is 18.6. The average Bonchev–Trinajstić information content (AvgIpc) is 3.97. The summed E-state index contributed by atoms with van der Waals surface area (Å²) in [5.41, 5.74) is 0. The zero-order valence-electron chi connectivity index (χ0n) is 40.1. The van der Waals surface area contributed by atoms with Gasteiger partial charge in [0.15, 0.2) is 6.10 Å². The molecule has 1 saturated heterocycles. The lowest BCUT2D eigenvalue weighted by molar-refractivity contribution is -0.870. The number of epoxide rings is 1. The highest BCUT2D eigenvalue weighted by atomic mass is 31.2. The fourth-order valence-corrected chi connectivity index (χ4v) is 8.03. The van der Waals surface area contributed by atoms with E-state index in [4.69, 9.17) is 23.3 Å². The number of esters is 2. The number of hydrogen-bond acceptors (Lipinski definition) is 9. The Kier molecular flexibility index (Phi) is 36.6. The van der Waals surface area contributed by atoms with Gasteiger partial charge in [-0.05, 0) is 64.2 Å². The molecule has 1 fully saturated rings. The van der Waals surface area contributed by atoms with Crippen LogP contribution in [0.1, 0.15) is 219 Å². The van der Waals surface area contributed by atoms with Crippen molar-refractivity contribution in [1.29, 1.82) is 0 Å². The van der Waals surface area contributed by atoms with Crippen molar-refractivity contribution in [2.75, 3.05) is 47.5 Å². The molecule has 0 bridgehead atoms. The van der Waals surface area contributed by atoms with Gasteiger partial charge in [-0.1, -0.05) is 167 Å². The summed E-state index contributed by atoms with van der Waals surface area (Å²) in [7, 11) is 1.16. The fraction of sp³-hybridized carbons (Fsp3) is 0.880. The molecule has 4 atom stereocenters. The number of phosphoric ester groups is 1. The van der Waals surface area contributed by atoms with Crippen LogP contribution in [0.4, 0.5) is 0 Å². The first kappa shape index (κ1) is 57.5. The standard InChI is InChI=1S/C50H94NO9P/c1-6-8-10-11-12-13-14-15-16-17-18-19-20-21-22-23-24-25-30-33-37-41-50(53)59-46(45-58-61(54,55)57-43-42-51(3,4)5)44-56-49(52)40-36-32-29-27-26-28-31-35-39-48-47(60-48)38-34-9-7-2/h15-16,31,35,46-48H,6-14,17-30,32-34,36-45H2,1-5H3/b16-15-,35-31-/t46-,47?,48?/m1/s1. The number of phosphoric acid groups is 1. The van der Waals surface area contributed by atoms with Crippen molar-refractivity contribution in [2.45, 2.75) is 238 Å². The summed E-state index contributed by atoms with van der Waals surface area (Å²) in [4.78, 5) is 37.7. The van der Waals surface area contributed by atoms with Crippen molar-refractivity contribution in [2.24, 2.45) is 0 Å². The number of hydrogen-bond donors (Lipinski definition) is 0. The molecule has 0 spiro atoms. The monoisotopic (exact) mass is 884 g/mol. The summed E-state index contributed by atoms with van der Waals surface area (Å²) >= 11 is 0. The maximum Gasteiger partial charge on any atom is 0.306 e. The Morgan fingerprint density at radius 2 is 1.05 bits per heavy atom. The number of quaternary nitrogens is 1. The van der Waals surface area contributed by atoms with Crippen molar-refractivity contribution < 1.29 is 46.8 Å². The molecule has 0 aromatic rings. The lowest BCUT2D eigenvalue weighted by Crippen LogP contribution is -2.37. The van der Waals surface area contributed by atoms with Gasteiger partial charge in [-0.3, -0.25) is 14.2 Å². The molecule has 1 heterocycles. The van der Waals surface area contributed by atoms with Crippen LogP contribution in [-0.4, -0.2) is 82.2 Å². The molecule has 1 rings (SSSR count). The zero-order chi connectivity index (χ0) is 44.7. The summed E-state index contributed by atoms with van der Waals surface area (Å²) in [6, 6.07) is 0. The van der Waals surface area contributed by atoms with Crippen molar-refractivity contribution >= 4 is 19.8 Å². The molecule has 0 saturated carbocycles. The van der Waals surface area contributed by atoms with Crippen LogP contribution in [0.15, 0.2) is 24.3 Å². The minimum atomic E-state index is -4.63. The Bertz CT molecular complexity index is 1160. The second-order valence-corrected chi connectivity index (χ2v) is 20.0. The molecule has 0 aliphatic carbocycles. The number of carbonyl (C=O) groups is 2. The maximum absolute atomic E-state index is 12.7. The molecule has 10 nitrogen and oxygen atoms in total. The highest BCUT2D eigenvalue weighted by molar-refractivity contribution is 7.45. The second kappa shape index (κ2) is 38.9. The number of ether oxygens (including phenoxy) is 3. The smallest absolute Gasteiger partial charge is 0.306 e. The van der Waals surface area contributed by atoms with Gasteiger partial charge in [0.05, 0.1) is 40.0 Å². The van der Waals surface area contributed by atoms with Crippen LogP contribution in [0.25, 0.3) is 0 Å². The Labute approximate surface area is 374 Å². The Morgan fingerprint density at radius 1 is 0.590 bits per heavy atom. The molecule has 358 valence electrons. The van der Waals surface area contributed by atoms with E-state index >= 15 is 0 Å². The largest absolute Gasteiger partial charge is 0.756 e. The van der Waals surface area contributed by atoms with Gasteiger partial charge in [-0.2, -0.15) is 0 Å². The lowest BCUT2D eigenvalue weighted by Gasteiger charge is -2.28. The van der Waals surface area contributed by atoms with E-state index in [1.54, 1.807) is 0 Å². The first-order chi connectivity index (χ1) is 29.5. The third-order valence-corrected chi connectivity index (χ3v) is 12.3. The third kappa shape index (κ3) is 39.8. The van der Waals surface area contributed by atoms with Gasteiger partial charge in [-0.25, -0.2) is 0 Å². The molecule has 61 heavy (non-hydrogen) atoms. The van der Waals surface area contributed by atoms with Gasteiger partial charge in [0.1, 0.15) is 19.8 Å². The van der Waals surface area contributed by atoms with Crippen LogP contribution in [0.3, 0.4) is 0 Å². The van der Waals surface area contributed by atoms with Crippen molar-refractivity contribution in [3.8, 4) is 0 Å². The molecule has 1 aliphatic heterocycles. The van der Waals surface area contributed by atoms with Gasteiger partial charge in [-0.15, -0.1) is 0 Å². The predicted molar refractivity (Wildman–Crippen MR) is 249 cm³/mol. The van der Waals surface area contributed by atoms with Crippen molar-refractivity contribution in [3.05, 3.63) is 24.3 Å². The highest BCUT2D eigenvalue weighted by Crippen LogP contribution is 2.38. The molecule has 0 aromatic heterocycles. The molecule has 0 N–H and O–H groups in total. The molecule has 0 aromatic carbocycles. The number of nitrogens with zero attached hydrogens (tertiary/aromatic N) is 1. The third-order valence-electron chi connectivity index (χ3n) is 11.4. The van der Waals surface area contributed by atoms with Gasteiger partial charge in [0, 0.05) is 12.8 Å². The molecule has 0 radical (unpaired) electrons. The van der Waals surface area contributed by atoms with Crippen LogP contribution in [0, 0.1) is 0 Å². The summed E-state index contributed by atoms with van der Waals surface area (Å²) in [5, 5.41) is 0. The first-order valence-corrected chi connectivity index (χ1v) is 26.6. The molecule has 11 heteroatoms. The van der Waals surface area contributed by atoms with E-state index in [2.05, 4.69) is 38.2 Å². The molecule has 1 aliphatic rings. The maximum atomic E-state index is 12.7. The van der Waals surface area contributed by atoms with E-state index in [9.17, 15) is 19.0 Å².